The number of methoxy groups -OCH3 is 2. The van der Waals surface area contributed by atoms with Crippen molar-refractivity contribution < 1.29 is 22.7 Å². The number of ether oxygens (including phenoxy) is 2. The molecule has 0 unspecified atom stereocenters. The molecule has 0 saturated carbocycles. The van der Waals surface area contributed by atoms with Gasteiger partial charge < -0.3 is 9.47 Å². The minimum Gasteiger partial charge on any atom is -0.493 e. The van der Waals surface area contributed by atoms with Crippen LogP contribution in [-0.2, 0) is 10.0 Å². The SMILES string of the molecule is COc1cc(S(N)(=O)=O)cc(C(=O)Cl)c1OC. The molecular weight excluding hydrogens is 270 g/mol. The van der Waals surface area contributed by atoms with Crippen LogP contribution >= 0.6 is 11.6 Å². The summed E-state index contributed by atoms with van der Waals surface area (Å²) in [4.78, 5) is 10.9. The molecule has 0 atom stereocenters. The zero-order chi connectivity index (χ0) is 13.2. The summed E-state index contributed by atoms with van der Waals surface area (Å²) in [6, 6.07) is 2.18. The van der Waals surface area contributed by atoms with E-state index in [1.807, 2.05) is 0 Å². The van der Waals surface area contributed by atoms with Crippen molar-refractivity contribution in [2.75, 3.05) is 14.2 Å². The Kier molecular flexibility index (Phi) is 3.97. The summed E-state index contributed by atoms with van der Waals surface area (Å²) in [5.41, 5.74) is -0.127. The summed E-state index contributed by atoms with van der Waals surface area (Å²) in [5, 5.41) is 4.09. The van der Waals surface area contributed by atoms with E-state index in [9.17, 15) is 13.2 Å². The summed E-state index contributed by atoms with van der Waals surface area (Å²) in [6.07, 6.45) is 0. The predicted octanol–water partition coefficient (Wildman–Crippen LogP) is 0.730. The highest BCUT2D eigenvalue weighted by molar-refractivity contribution is 7.89. The second kappa shape index (κ2) is 4.91. The number of carbonyl (C=O) groups excluding carboxylic acids is 1. The number of sulfonamides is 1. The van der Waals surface area contributed by atoms with Crippen molar-refractivity contribution in [2.24, 2.45) is 5.14 Å². The maximum Gasteiger partial charge on any atom is 0.256 e. The molecule has 0 amide bonds. The van der Waals surface area contributed by atoms with E-state index in [1.165, 1.54) is 14.2 Å². The lowest BCUT2D eigenvalue weighted by molar-refractivity contribution is 0.107. The van der Waals surface area contributed by atoms with Gasteiger partial charge in [-0.25, -0.2) is 13.6 Å². The van der Waals surface area contributed by atoms with Gasteiger partial charge in [-0.3, -0.25) is 4.79 Å². The fourth-order valence-corrected chi connectivity index (χ4v) is 1.94. The molecule has 1 aromatic carbocycles. The van der Waals surface area contributed by atoms with Crippen LogP contribution in [0.4, 0.5) is 0 Å². The third-order valence-corrected chi connectivity index (χ3v) is 3.09. The Balaban J connectivity index is 3.63. The average Bonchev–Trinajstić information content (AvgIpc) is 2.25. The number of nitrogens with two attached hydrogens (primary N) is 1. The molecule has 2 N–H and O–H groups in total. The number of primary sulfonamides is 1. The number of benzene rings is 1. The third-order valence-electron chi connectivity index (χ3n) is 1.99. The number of halogens is 1. The largest absolute Gasteiger partial charge is 0.493 e. The van der Waals surface area contributed by atoms with Gasteiger partial charge in [-0.1, -0.05) is 0 Å². The molecule has 0 fully saturated rings. The zero-order valence-electron chi connectivity index (χ0n) is 9.06. The van der Waals surface area contributed by atoms with Gasteiger partial charge in [-0.05, 0) is 17.7 Å². The molecule has 17 heavy (non-hydrogen) atoms. The van der Waals surface area contributed by atoms with E-state index >= 15 is 0 Å². The normalized spacial score (nSPS) is 11.1. The molecule has 0 bridgehead atoms. The molecule has 0 aliphatic rings. The van der Waals surface area contributed by atoms with Crippen LogP contribution in [0.5, 0.6) is 11.5 Å². The summed E-state index contributed by atoms with van der Waals surface area (Å²) >= 11 is 5.33. The van der Waals surface area contributed by atoms with E-state index in [0.717, 1.165) is 12.1 Å². The molecule has 0 spiro atoms. The molecule has 94 valence electrons. The first-order valence-electron chi connectivity index (χ1n) is 4.30. The van der Waals surface area contributed by atoms with Gasteiger partial charge in [0.1, 0.15) is 0 Å². The van der Waals surface area contributed by atoms with Gasteiger partial charge in [0.2, 0.25) is 10.0 Å². The molecule has 0 aliphatic carbocycles. The smallest absolute Gasteiger partial charge is 0.256 e. The maximum atomic E-state index is 11.2. The monoisotopic (exact) mass is 279 g/mol. The van der Waals surface area contributed by atoms with Gasteiger partial charge >= 0.3 is 0 Å². The Labute approximate surface area is 103 Å². The second-order valence-corrected chi connectivity index (χ2v) is 4.93. The quantitative estimate of drug-likeness (QED) is 0.820. The fraction of sp³-hybridized carbons (Fsp3) is 0.222. The van der Waals surface area contributed by atoms with Gasteiger partial charge in [0, 0.05) is 6.07 Å². The number of hydrogen-bond donors (Lipinski definition) is 1. The molecule has 1 aromatic rings. The van der Waals surface area contributed by atoms with E-state index in [-0.39, 0.29) is 22.0 Å². The molecule has 0 aliphatic heterocycles. The van der Waals surface area contributed by atoms with Crippen LogP contribution in [0.3, 0.4) is 0 Å². The van der Waals surface area contributed by atoms with Crippen molar-refractivity contribution in [3.05, 3.63) is 17.7 Å². The second-order valence-electron chi connectivity index (χ2n) is 3.03. The lowest BCUT2D eigenvalue weighted by Crippen LogP contribution is -2.13. The van der Waals surface area contributed by atoms with Crippen LogP contribution in [0.2, 0.25) is 0 Å². The van der Waals surface area contributed by atoms with E-state index < -0.39 is 15.3 Å². The molecule has 0 aromatic heterocycles. The van der Waals surface area contributed by atoms with Crippen LogP contribution in [-0.4, -0.2) is 27.9 Å². The Bertz CT molecular complexity index is 555. The van der Waals surface area contributed by atoms with E-state index in [0.29, 0.717) is 0 Å². The first-order valence-corrected chi connectivity index (χ1v) is 6.22. The van der Waals surface area contributed by atoms with Gasteiger partial charge in [-0.15, -0.1) is 0 Å². The molecule has 1 rings (SSSR count). The van der Waals surface area contributed by atoms with E-state index in [2.05, 4.69) is 0 Å². The summed E-state index contributed by atoms with van der Waals surface area (Å²) in [5.74, 6) is 0.114. The Morgan fingerprint density at radius 3 is 2.24 bits per heavy atom. The molecule has 8 heteroatoms. The summed E-state index contributed by atoms with van der Waals surface area (Å²) in [7, 11) is -1.36. The lowest BCUT2D eigenvalue weighted by Gasteiger charge is -2.12. The van der Waals surface area contributed by atoms with Gasteiger partial charge in [-0.2, -0.15) is 0 Å². The highest BCUT2D eigenvalue weighted by atomic mass is 35.5. The number of rotatable bonds is 4. The first kappa shape index (κ1) is 13.8. The van der Waals surface area contributed by atoms with Gasteiger partial charge in [0.15, 0.2) is 11.5 Å². The van der Waals surface area contributed by atoms with Gasteiger partial charge in [0.25, 0.3) is 5.24 Å². The summed E-state index contributed by atoms with van der Waals surface area (Å²) < 4.78 is 32.2. The number of carbonyl (C=O) groups is 1. The van der Waals surface area contributed by atoms with Crippen LogP contribution < -0.4 is 14.6 Å². The Hall–Kier alpha value is -1.31. The summed E-state index contributed by atoms with van der Waals surface area (Å²) in [6.45, 7) is 0. The minimum absolute atomic E-state index is 0.0555. The van der Waals surface area contributed by atoms with Crippen LogP contribution in [0.1, 0.15) is 10.4 Å². The lowest BCUT2D eigenvalue weighted by atomic mass is 10.2. The van der Waals surface area contributed by atoms with E-state index in [4.69, 9.17) is 26.2 Å². The van der Waals surface area contributed by atoms with Crippen molar-refractivity contribution in [3.63, 3.8) is 0 Å². The zero-order valence-corrected chi connectivity index (χ0v) is 10.6. The third kappa shape index (κ3) is 2.87. The first-order chi connectivity index (χ1) is 7.81. The number of hydrogen-bond acceptors (Lipinski definition) is 5. The highest BCUT2D eigenvalue weighted by Gasteiger charge is 2.20. The standard InChI is InChI=1S/C9H10ClNO5S/c1-15-7-4-5(17(11,13)14)3-6(9(10)12)8(7)16-2/h3-4H,1-2H3,(H2,11,13,14). The molecular formula is C9H10ClNO5S. The molecule has 0 saturated heterocycles. The predicted molar refractivity (Wildman–Crippen MR) is 61.1 cm³/mol. The van der Waals surface area contributed by atoms with Crippen LogP contribution in [0, 0.1) is 0 Å². The highest BCUT2D eigenvalue weighted by Crippen LogP contribution is 2.34. The minimum atomic E-state index is -3.96. The molecule has 0 heterocycles. The topological polar surface area (TPSA) is 95.7 Å². The van der Waals surface area contributed by atoms with Gasteiger partial charge in [0.05, 0.1) is 24.7 Å². The fourth-order valence-electron chi connectivity index (χ4n) is 1.25. The Morgan fingerprint density at radius 1 is 1.29 bits per heavy atom. The molecule has 0 radical (unpaired) electrons. The maximum absolute atomic E-state index is 11.2. The van der Waals surface area contributed by atoms with Crippen molar-refractivity contribution in [3.8, 4) is 11.5 Å². The van der Waals surface area contributed by atoms with Crippen molar-refractivity contribution in [1.29, 1.82) is 0 Å². The van der Waals surface area contributed by atoms with Crippen molar-refractivity contribution in [2.45, 2.75) is 4.90 Å². The van der Waals surface area contributed by atoms with E-state index in [1.54, 1.807) is 0 Å². The van der Waals surface area contributed by atoms with Crippen molar-refractivity contribution >= 4 is 26.9 Å². The average molecular weight is 280 g/mol. The van der Waals surface area contributed by atoms with Crippen LogP contribution in [0.25, 0.3) is 0 Å². The van der Waals surface area contributed by atoms with Crippen molar-refractivity contribution in [1.82, 2.24) is 0 Å². The van der Waals surface area contributed by atoms with Crippen LogP contribution in [0.15, 0.2) is 17.0 Å². The Morgan fingerprint density at radius 2 is 1.88 bits per heavy atom. The molecule has 6 nitrogen and oxygen atoms in total.